The molecule has 1 saturated heterocycles. The predicted molar refractivity (Wildman–Crippen MR) is 111 cm³/mol. The number of rotatable bonds is 7. The number of thiazole rings is 1. The van der Waals surface area contributed by atoms with E-state index >= 15 is 0 Å². The summed E-state index contributed by atoms with van der Waals surface area (Å²) in [5.74, 6) is -3.55. The molecule has 0 bridgehead atoms. The van der Waals surface area contributed by atoms with Crippen molar-refractivity contribution in [3.63, 3.8) is 0 Å². The van der Waals surface area contributed by atoms with Gasteiger partial charge < -0.3 is 26.1 Å². The second kappa shape index (κ2) is 8.19. The van der Waals surface area contributed by atoms with E-state index in [-0.39, 0.29) is 22.2 Å². The van der Waals surface area contributed by atoms with Crippen LogP contribution in [0.2, 0.25) is 0 Å². The summed E-state index contributed by atoms with van der Waals surface area (Å²) in [6.45, 7) is 4.13. The maximum absolute atomic E-state index is 12.9. The van der Waals surface area contributed by atoms with Gasteiger partial charge in [0.1, 0.15) is 22.8 Å². The number of anilines is 1. The second-order valence-electron chi connectivity index (χ2n) is 7.21. The van der Waals surface area contributed by atoms with Gasteiger partial charge in [0, 0.05) is 11.1 Å². The van der Waals surface area contributed by atoms with E-state index in [1.54, 1.807) is 6.92 Å². The van der Waals surface area contributed by atoms with E-state index < -0.39 is 40.8 Å². The maximum atomic E-state index is 12.9. The molecule has 31 heavy (non-hydrogen) atoms. The molecule has 3 heterocycles. The molecule has 5 N–H and O–H groups in total. The van der Waals surface area contributed by atoms with E-state index in [2.05, 4.69) is 15.5 Å². The highest BCUT2D eigenvalue weighted by Crippen LogP contribution is 2.40. The standard InChI is InChI=1S/C17H19N5O7S2/c1-6-4-30-13-9(12(24)22(13)10(6)14(25)26)20-11(23)8(7-5-31-16(18)19-7)21-29-17(2,3)15(27)28/h5,9,13H,4H2,1-3H3,(H2,18,19)(H,20,23)(H,25,26)(H,27,28)/b21-8+. The summed E-state index contributed by atoms with van der Waals surface area (Å²) in [5.41, 5.74) is 4.03. The Kier molecular flexibility index (Phi) is 5.96. The van der Waals surface area contributed by atoms with Gasteiger partial charge in [-0.2, -0.15) is 0 Å². The van der Waals surface area contributed by atoms with Crippen LogP contribution in [0.5, 0.6) is 0 Å². The van der Waals surface area contributed by atoms with Crippen LogP contribution in [-0.4, -0.2) is 72.3 Å². The molecule has 3 rings (SSSR count). The Morgan fingerprint density at radius 3 is 2.61 bits per heavy atom. The van der Waals surface area contributed by atoms with E-state index in [0.717, 1.165) is 16.2 Å². The minimum atomic E-state index is -1.73. The summed E-state index contributed by atoms with van der Waals surface area (Å²) in [5, 5.41) is 25.8. The number of nitrogens with one attached hydrogen (secondary N) is 1. The largest absolute Gasteiger partial charge is 0.478 e. The zero-order chi connectivity index (χ0) is 23.1. The summed E-state index contributed by atoms with van der Waals surface area (Å²) in [4.78, 5) is 58.4. The highest BCUT2D eigenvalue weighted by Gasteiger charge is 2.54. The highest BCUT2D eigenvalue weighted by atomic mass is 32.2. The van der Waals surface area contributed by atoms with Gasteiger partial charge in [-0.25, -0.2) is 14.6 Å². The number of hydrogen-bond donors (Lipinski definition) is 4. The summed E-state index contributed by atoms with van der Waals surface area (Å²) in [6.07, 6.45) is 0. The quantitative estimate of drug-likeness (QED) is 0.242. The SMILES string of the molecule is CC1=C(C(=O)O)N2C(=O)C(NC(=O)/C(=N/OC(C)(C)C(=O)O)c3csc(N)n3)C2SC1. The molecule has 0 radical (unpaired) electrons. The van der Waals surface area contributed by atoms with Crippen LogP contribution in [0.3, 0.4) is 0 Å². The second-order valence-corrected chi connectivity index (χ2v) is 9.21. The number of aromatic nitrogens is 1. The zero-order valence-electron chi connectivity index (χ0n) is 16.6. The van der Waals surface area contributed by atoms with Crippen molar-refractivity contribution in [2.24, 2.45) is 5.16 Å². The van der Waals surface area contributed by atoms with Crippen molar-refractivity contribution in [3.8, 4) is 0 Å². The molecule has 0 spiro atoms. The molecule has 2 amide bonds. The number of β-lactam (4-membered cyclic amide) rings is 1. The molecule has 2 aliphatic rings. The number of nitrogens with zero attached hydrogens (tertiary/aromatic N) is 3. The number of thioether (sulfide) groups is 1. The van der Waals surface area contributed by atoms with Crippen molar-refractivity contribution in [2.75, 3.05) is 11.5 Å². The van der Waals surface area contributed by atoms with Crippen LogP contribution < -0.4 is 11.1 Å². The monoisotopic (exact) mass is 469 g/mol. The summed E-state index contributed by atoms with van der Waals surface area (Å²) in [7, 11) is 0. The fourth-order valence-corrected chi connectivity index (χ4v) is 4.63. The van der Waals surface area contributed by atoms with Crippen LogP contribution in [0, 0.1) is 0 Å². The molecule has 2 unspecified atom stereocenters. The Bertz CT molecular complexity index is 1030. The summed E-state index contributed by atoms with van der Waals surface area (Å²) < 4.78 is 0. The number of oxime groups is 1. The first-order chi connectivity index (χ1) is 14.4. The van der Waals surface area contributed by atoms with E-state index in [1.807, 2.05) is 0 Å². The predicted octanol–water partition coefficient (Wildman–Crippen LogP) is 0.0677. The van der Waals surface area contributed by atoms with Gasteiger partial charge in [-0.1, -0.05) is 5.16 Å². The molecule has 0 aromatic carbocycles. The third-order valence-electron chi connectivity index (χ3n) is 4.51. The number of nitrogen functional groups attached to an aromatic ring is 1. The fraction of sp³-hybridized carbons (Fsp3) is 0.412. The van der Waals surface area contributed by atoms with Crippen molar-refractivity contribution < 1.29 is 34.2 Å². The first kappa shape index (κ1) is 22.6. The lowest BCUT2D eigenvalue weighted by Gasteiger charge is -2.49. The van der Waals surface area contributed by atoms with Crippen LogP contribution in [0.25, 0.3) is 0 Å². The van der Waals surface area contributed by atoms with Crippen molar-refractivity contribution in [1.29, 1.82) is 0 Å². The van der Waals surface area contributed by atoms with Crippen molar-refractivity contribution in [3.05, 3.63) is 22.3 Å². The van der Waals surface area contributed by atoms with Crippen molar-refractivity contribution in [1.82, 2.24) is 15.2 Å². The van der Waals surface area contributed by atoms with Gasteiger partial charge in [-0.3, -0.25) is 14.5 Å². The topological polar surface area (TPSA) is 185 Å². The molecule has 14 heteroatoms. The fourth-order valence-electron chi connectivity index (χ4n) is 2.78. The minimum Gasteiger partial charge on any atom is -0.478 e. The van der Waals surface area contributed by atoms with Crippen molar-refractivity contribution in [2.45, 2.75) is 37.8 Å². The van der Waals surface area contributed by atoms with E-state index in [9.17, 15) is 29.4 Å². The Morgan fingerprint density at radius 1 is 1.39 bits per heavy atom. The Labute approximate surface area is 184 Å². The number of carboxylic acids is 2. The number of hydrogen-bond acceptors (Lipinski definition) is 10. The lowest BCUT2D eigenvalue weighted by Crippen LogP contribution is -2.71. The van der Waals surface area contributed by atoms with Gasteiger partial charge in [0.25, 0.3) is 11.8 Å². The third kappa shape index (κ3) is 4.20. The molecule has 2 atom stereocenters. The molecular formula is C17H19N5O7S2. The molecular weight excluding hydrogens is 450 g/mol. The number of carboxylic acid groups (broad SMARTS) is 2. The molecule has 2 aliphatic heterocycles. The van der Waals surface area contributed by atoms with Gasteiger partial charge in [0.2, 0.25) is 5.60 Å². The van der Waals surface area contributed by atoms with Crippen LogP contribution in [0.1, 0.15) is 26.5 Å². The van der Waals surface area contributed by atoms with Crippen molar-refractivity contribution >= 4 is 57.7 Å². The van der Waals surface area contributed by atoms with Crippen LogP contribution in [-0.2, 0) is 24.0 Å². The van der Waals surface area contributed by atoms with Gasteiger partial charge in [-0.15, -0.1) is 23.1 Å². The lowest BCUT2D eigenvalue weighted by molar-refractivity contribution is -0.161. The number of amides is 2. The molecule has 0 saturated carbocycles. The summed E-state index contributed by atoms with van der Waals surface area (Å²) >= 11 is 2.35. The zero-order valence-corrected chi connectivity index (χ0v) is 18.2. The van der Waals surface area contributed by atoms with Gasteiger partial charge in [0.05, 0.1) is 0 Å². The van der Waals surface area contributed by atoms with Gasteiger partial charge in [0.15, 0.2) is 10.8 Å². The number of carbonyl (C=O) groups excluding carboxylic acids is 2. The van der Waals surface area contributed by atoms with E-state index in [4.69, 9.17) is 10.6 Å². The highest BCUT2D eigenvalue weighted by molar-refractivity contribution is 8.00. The average Bonchev–Trinajstić information content (AvgIpc) is 3.11. The smallest absolute Gasteiger partial charge is 0.352 e. The lowest BCUT2D eigenvalue weighted by atomic mass is 10.0. The van der Waals surface area contributed by atoms with Crippen LogP contribution in [0.4, 0.5) is 5.13 Å². The van der Waals surface area contributed by atoms with Crippen LogP contribution >= 0.6 is 23.1 Å². The normalized spacial score (nSPS) is 21.3. The first-order valence-corrected chi connectivity index (χ1v) is 10.8. The molecule has 0 aliphatic carbocycles. The number of nitrogens with two attached hydrogens (primary N) is 1. The molecule has 166 valence electrons. The number of aliphatic carboxylic acids is 2. The Morgan fingerprint density at radius 2 is 2.06 bits per heavy atom. The summed E-state index contributed by atoms with van der Waals surface area (Å²) in [6, 6.07) is -0.992. The Balaban J connectivity index is 1.83. The molecule has 1 fully saturated rings. The first-order valence-electron chi connectivity index (χ1n) is 8.83. The van der Waals surface area contributed by atoms with Gasteiger partial charge >= 0.3 is 11.9 Å². The van der Waals surface area contributed by atoms with Gasteiger partial charge in [-0.05, 0) is 26.3 Å². The molecule has 12 nitrogen and oxygen atoms in total. The van der Waals surface area contributed by atoms with E-state index in [1.165, 1.54) is 31.0 Å². The average molecular weight is 470 g/mol. The van der Waals surface area contributed by atoms with Crippen LogP contribution in [0.15, 0.2) is 21.8 Å². The van der Waals surface area contributed by atoms with E-state index in [0.29, 0.717) is 11.3 Å². The maximum Gasteiger partial charge on any atom is 0.352 e. The number of fused-ring (bicyclic) bond motifs is 1. The molecule has 1 aromatic heterocycles. The molecule has 1 aromatic rings. The number of carbonyl (C=O) groups is 4. The Hall–Kier alpha value is -3.13. The third-order valence-corrected chi connectivity index (χ3v) is 6.61. The minimum absolute atomic E-state index is 0.0445.